The number of nitrogens with zero attached hydrogens (tertiary/aromatic N) is 5. The van der Waals surface area contributed by atoms with Gasteiger partial charge in [-0.1, -0.05) is 0 Å². The molecule has 0 spiro atoms. The summed E-state index contributed by atoms with van der Waals surface area (Å²) in [6.07, 6.45) is -8.15. The van der Waals surface area contributed by atoms with E-state index >= 15 is 0 Å². The molecular formula is C20H18F5N6O7S-. The predicted octanol–water partition coefficient (Wildman–Crippen LogP) is 2.08. The number of alkyl halides is 5. The molecule has 0 unspecified atom stereocenters. The summed E-state index contributed by atoms with van der Waals surface area (Å²) in [6.45, 7) is -1.61. The molecule has 0 bridgehead atoms. The molecule has 1 amide bonds. The normalized spacial score (nSPS) is 16.2. The van der Waals surface area contributed by atoms with E-state index in [4.69, 9.17) is 9.15 Å². The molecule has 0 saturated heterocycles. The van der Waals surface area contributed by atoms with Crippen molar-refractivity contribution >= 4 is 27.5 Å². The number of ether oxygens (including phenoxy) is 1. The standard InChI is InChI=1S/C20H19F5N6O7S/c1-9-14(8-29(28-9)16(21)22)39(35,36)30-7-13(15-26-27-17(32)38-15)37-12-5-4-10(6-11(12)30)31(18(33)34)19(2,3)20(23,24)25/h4-6,8,13,16H,7H2,1-3H3,(H,27,32)(H,33,34)/p-1/t13-/m1/s1. The Bertz CT molecular complexity index is 1580. The Hall–Kier alpha value is -4.16. The van der Waals surface area contributed by atoms with Crippen LogP contribution in [0.2, 0.25) is 0 Å². The molecule has 3 aromatic rings. The Morgan fingerprint density at radius 1 is 1.28 bits per heavy atom. The second kappa shape index (κ2) is 9.24. The van der Waals surface area contributed by atoms with Crippen molar-refractivity contribution in [3.63, 3.8) is 0 Å². The number of aromatic nitrogens is 4. The van der Waals surface area contributed by atoms with Gasteiger partial charge in [-0.3, -0.25) is 4.31 Å². The first-order valence-electron chi connectivity index (χ1n) is 10.8. The van der Waals surface area contributed by atoms with E-state index in [0.29, 0.717) is 24.3 Å². The monoisotopic (exact) mass is 581 g/mol. The molecule has 1 aromatic carbocycles. The predicted molar refractivity (Wildman–Crippen MR) is 118 cm³/mol. The molecule has 39 heavy (non-hydrogen) atoms. The highest BCUT2D eigenvalue weighted by Gasteiger charge is 2.52. The van der Waals surface area contributed by atoms with Crippen LogP contribution >= 0.6 is 0 Å². The van der Waals surface area contributed by atoms with E-state index in [9.17, 15) is 45.1 Å². The van der Waals surface area contributed by atoms with Crippen molar-refractivity contribution in [2.24, 2.45) is 0 Å². The fourth-order valence-corrected chi connectivity index (χ4v) is 5.46. The van der Waals surface area contributed by atoms with Crippen LogP contribution in [-0.4, -0.2) is 52.7 Å². The molecule has 1 N–H and O–H groups in total. The molecule has 212 valence electrons. The third kappa shape index (κ3) is 4.77. The first-order chi connectivity index (χ1) is 17.9. The fourth-order valence-electron chi connectivity index (χ4n) is 3.83. The SMILES string of the molecule is Cc1nn(C(F)F)cc1S(=O)(=O)N1C[C@H](c2n[nH]c(=O)o2)Oc2ccc(N(C(=O)[O-])C(C)(C)C(F)(F)F)cc21. The van der Waals surface area contributed by atoms with Crippen LogP contribution in [0.5, 0.6) is 5.75 Å². The number of nitrogens with one attached hydrogen (secondary N) is 1. The minimum atomic E-state index is -5.07. The van der Waals surface area contributed by atoms with Gasteiger partial charge >= 0.3 is 18.5 Å². The van der Waals surface area contributed by atoms with Crippen LogP contribution in [0, 0.1) is 6.92 Å². The number of hydrogen-bond donors (Lipinski definition) is 1. The number of fused-ring (bicyclic) bond motifs is 1. The molecule has 3 heterocycles. The summed E-state index contributed by atoms with van der Waals surface area (Å²) in [5, 5.41) is 20.9. The summed E-state index contributed by atoms with van der Waals surface area (Å²) in [5.74, 6) is -1.70. The lowest BCUT2D eigenvalue weighted by molar-refractivity contribution is -0.254. The summed E-state index contributed by atoms with van der Waals surface area (Å²) in [4.78, 5) is 22.5. The Morgan fingerprint density at radius 3 is 2.46 bits per heavy atom. The quantitative estimate of drug-likeness (QED) is 0.429. The average molecular weight is 581 g/mol. The summed E-state index contributed by atoms with van der Waals surface area (Å²) in [6, 6.07) is 2.69. The smallest absolute Gasteiger partial charge is 0.434 e. The number of aryl methyl sites for hydroxylation is 1. The number of amides is 1. The number of carboxylic acid groups (broad SMARTS) is 1. The number of aromatic amines is 1. The summed E-state index contributed by atoms with van der Waals surface area (Å²) in [5.41, 5.74) is -4.44. The van der Waals surface area contributed by atoms with Crippen molar-refractivity contribution in [1.29, 1.82) is 0 Å². The topological polar surface area (TPSA) is 167 Å². The Morgan fingerprint density at radius 2 is 1.95 bits per heavy atom. The molecule has 0 saturated carbocycles. The molecule has 0 fully saturated rings. The van der Waals surface area contributed by atoms with Gasteiger partial charge in [-0.15, -0.1) is 5.10 Å². The number of carbonyl (C=O) groups excluding carboxylic acids is 1. The Kier molecular flexibility index (Phi) is 6.60. The highest BCUT2D eigenvalue weighted by atomic mass is 32.2. The second-order valence-corrected chi connectivity index (χ2v) is 10.6. The van der Waals surface area contributed by atoms with E-state index in [1.807, 2.05) is 5.10 Å². The molecule has 13 nitrogen and oxygen atoms in total. The number of hydrogen-bond acceptors (Lipinski definition) is 9. The van der Waals surface area contributed by atoms with Crippen LogP contribution < -0.4 is 24.8 Å². The molecule has 2 aromatic heterocycles. The van der Waals surface area contributed by atoms with Gasteiger partial charge in [0.05, 0.1) is 24.1 Å². The van der Waals surface area contributed by atoms with E-state index in [1.165, 1.54) is 0 Å². The first kappa shape index (κ1) is 27.9. The van der Waals surface area contributed by atoms with Crippen molar-refractivity contribution < 1.29 is 49.4 Å². The van der Waals surface area contributed by atoms with E-state index in [-0.39, 0.29) is 21.0 Å². The lowest BCUT2D eigenvalue weighted by Gasteiger charge is -2.42. The third-order valence-electron chi connectivity index (χ3n) is 5.88. The van der Waals surface area contributed by atoms with Crippen LogP contribution in [0.25, 0.3) is 0 Å². The average Bonchev–Trinajstić information content (AvgIpc) is 3.43. The maximum atomic E-state index is 13.7. The van der Waals surface area contributed by atoms with Crippen LogP contribution in [0.15, 0.2) is 38.5 Å². The summed E-state index contributed by atoms with van der Waals surface area (Å²) >= 11 is 0. The lowest BCUT2D eigenvalue weighted by Crippen LogP contribution is -2.60. The van der Waals surface area contributed by atoms with Crippen molar-refractivity contribution in [1.82, 2.24) is 20.0 Å². The van der Waals surface area contributed by atoms with Gasteiger partial charge in [0.15, 0.2) is 6.10 Å². The van der Waals surface area contributed by atoms with E-state index < -0.39 is 74.9 Å². The number of H-pyrrole nitrogens is 1. The zero-order chi connectivity index (χ0) is 29.1. The largest absolute Gasteiger partial charge is 0.530 e. The van der Waals surface area contributed by atoms with Crippen molar-refractivity contribution in [2.75, 3.05) is 15.7 Å². The molecule has 19 heteroatoms. The number of sulfonamides is 1. The second-order valence-electron chi connectivity index (χ2n) is 8.74. The summed E-state index contributed by atoms with van der Waals surface area (Å²) in [7, 11) is -4.80. The minimum absolute atomic E-state index is 0.0912. The van der Waals surface area contributed by atoms with Crippen LogP contribution in [-0.2, 0) is 10.0 Å². The highest BCUT2D eigenvalue weighted by Crippen LogP contribution is 2.45. The van der Waals surface area contributed by atoms with Gasteiger partial charge < -0.3 is 24.0 Å². The van der Waals surface area contributed by atoms with Crippen molar-refractivity contribution in [3.8, 4) is 5.75 Å². The van der Waals surface area contributed by atoms with E-state index in [0.717, 1.165) is 25.1 Å². The maximum Gasteiger partial charge on any atom is 0.434 e. The van der Waals surface area contributed by atoms with Crippen LogP contribution in [0.4, 0.5) is 38.1 Å². The highest BCUT2D eigenvalue weighted by molar-refractivity contribution is 7.92. The minimum Gasteiger partial charge on any atom is -0.530 e. The first-order valence-corrected chi connectivity index (χ1v) is 12.2. The van der Waals surface area contributed by atoms with Gasteiger partial charge in [-0.05, 0) is 39.0 Å². The fraction of sp³-hybridized carbons (Fsp3) is 0.400. The van der Waals surface area contributed by atoms with Gasteiger partial charge in [0.2, 0.25) is 0 Å². The van der Waals surface area contributed by atoms with Crippen molar-refractivity contribution in [2.45, 2.75) is 50.0 Å². The zero-order valence-electron chi connectivity index (χ0n) is 20.1. The van der Waals surface area contributed by atoms with Gasteiger partial charge in [0.25, 0.3) is 15.9 Å². The molecular weight excluding hydrogens is 563 g/mol. The van der Waals surface area contributed by atoms with Gasteiger partial charge in [-0.25, -0.2) is 23.0 Å². The summed E-state index contributed by atoms with van der Waals surface area (Å²) < 4.78 is 106. The van der Waals surface area contributed by atoms with Crippen LogP contribution in [0.3, 0.4) is 0 Å². The van der Waals surface area contributed by atoms with Gasteiger partial charge in [-0.2, -0.15) is 27.1 Å². The number of benzene rings is 1. The Balaban J connectivity index is 1.91. The number of halogens is 5. The molecule has 1 aliphatic heterocycles. The maximum absolute atomic E-state index is 13.7. The van der Waals surface area contributed by atoms with Crippen molar-refractivity contribution in [3.05, 3.63) is 46.5 Å². The Labute approximate surface area is 215 Å². The lowest BCUT2D eigenvalue weighted by atomic mass is 10.0. The molecule has 4 rings (SSSR count). The molecule has 1 aliphatic rings. The van der Waals surface area contributed by atoms with Gasteiger partial charge in [0, 0.05) is 5.69 Å². The van der Waals surface area contributed by atoms with Gasteiger partial charge in [0.1, 0.15) is 22.3 Å². The molecule has 0 aliphatic carbocycles. The zero-order valence-corrected chi connectivity index (χ0v) is 20.9. The van der Waals surface area contributed by atoms with Crippen LogP contribution in [0.1, 0.15) is 38.1 Å². The number of rotatable bonds is 6. The number of anilines is 2. The third-order valence-corrected chi connectivity index (χ3v) is 7.76. The van der Waals surface area contributed by atoms with E-state index in [2.05, 4.69) is 10.2 Å². The molecule has 0 radical (unpaired) electrons. The molecule has 1 atom stereocenters. The van der Waals surface area contributed by atoms with E-state index in [1.54, 1.807) is 0 Å². The number of carbonyl (C=O) groups is 1.